The summed E-state index contributed by atoms with van der Waals surface area (Å²) in [7, 11) is 0. The fourth-order valence-electron chi connectivity index (χ4n) is 3.26. The first-order valence-electron chi connectivity index (χ1n) is 8.38. The van der Waals surface area contributed by atoms with E-state index in [1.807, 2.05) is 0 Å². The van der Waals surface area contributed by atoms with Crippen LogP contribution in [0.4, 0.5) is 8.78 Å². The third kappa shape index (κ3) is 3.58. The number of benzene rings is 1. The molecular weight excluding hydrogens is 346 g/mol. The van der Waals surface area contributed by atoms with Crippen molar-refractivity contribution in [2.75, 3.05) is 6.54 Å². The SMILES string of the molecule is NCC(NCc1ccc2c(c1)CN(C1CCC(=O)NC1=O)C2=O)C(F)F. The van der Waals surface area contributed by atoms with Crippen LogP contribution in [-0.4, -0.2) is 47.7 Å². The molecule has 1 fully saturated rings. The summed E-state index contributed by atoms with van der Waals surface area (Å²) in [6.07, 6.45) is -2.07. The topological polar surface area (TPSA) is 105 Å². The molecule has 7 nitrogen and oxygen atoms in total. The maximum Gasteiger partial charge on any atom is 0.255 e. The molecule has 0 aromatic heterocycles. The number of nitrogens with two attached hydrogens (primary N) is 1. The third-order valence-electron chi connectivity index (χ3n) is 4.71. The average molecular weight is 366 g/mol. The average Bonchev–Trinajstić information content (AvgIpc) is 2.91. The molecule has 3 rings (SSSR count). The zero-order valence-electron chi connectivity index (χ0n) is 14.0. The van der Waals surface area contributed by atoms with Gasteiger partial charge in [0.2, 0.25) is 11.8 Å². The Morgan fingerprint density at radius 2 is 2.08 bits per heavy atom. The highest BCUT2D eigenvalue weighted by Gasteiger charge is 2.39. The van der Waals surface area contributed by atoms with Gasteiger partial charge in [-0.25, -0.2) is 8.78 Å². The Hall–Kier alpha value is -2.39. The number of alkyl halides is 2. The van der Waals surface area contributed by atoms with Crippen molar-refractivity contribution in [3.63, 3.8) is 0 Å². The minimum absolute atomic E-state index is 0.176. The van der Waals surface area contributed by atoms with Gasteiger partial charge in [-0.05, 0) is 23.6 Å². The number of carbonyl (C=O) groups is 3. The minimum atomic E-state index is -2.56. The molecule has 1 aromatic rings. The lowest BCUT2D eigenvalue weighted by Crippen LogP contribution is -2.52. The summed E-state index contributed by atoms with van der Waals surface area (Å²) in [4.78, 5) is 37.3. The van der Waals surface area contributed by atoms with E-state index in [1.54, 1.807) is 18.2 Å². The van der Waals surface area contributed by atoms with Gasteiger partial charge in [0.05, 0.1) is 6.04 Å². The van der Waals surface area contributed by atoms with Crippen molar-refractivity contribution in [2.24, 2.45) is 5.73 Å². The van der Waals surface area contributed by atoms with Gasteiger partial charge in [0.15, 0.2) is 0 Å². The lowest BCUT2D eigenvalue weighted by Gasteiger charge is -2.29. The monoisotopic (exact) mass is 366 g/mol. The summed E-state index contributed by atoms with van der Waals surface area (Å²) < 4.78 is 25.5. The predicted molar refractivity (Wildman–Crippen MR) is 88.2 cm³/mol. The quantitative estimate of drug-likeness (QED) is 0.621. The Kier molecular flexibility index (Phi) is 5.28. The molecule has 0 aliphatic carbocycles. The second-order valence-corrected chi connectivity index (χ2v) is 6.45. The standard InChI is InChI=1S/C17H20F2N4O3/c18-15(19)12(6-20)21-7-9-1-2-11-10(5-9)8-23(17(11)26)13-3-4-14(24)22-16(13)25/h1-2,5,12-13,15,21H,3-4,6-8,20H2,(H,22,24,25). The van der Waals surface area contributed by atoms with Crippen LogP contribution in [0.3, 0.4) is 0 Å². The first-order chi connectivity index (χ1) is 12.4. The van der Waals surface area contributed by atoms with Gasteiger partial charge in [0.25, 0.3) is 12.3 Å². The van der Waals surface area contributed by atoms with Crippen molar-refractivity contribution < 1.29 is 23.2 Å². The van der Waals surface area contributed by atoms with Crippen LogP contribution >= 0.6 is 0 Å². The van der Waals surface area contributed by atoms with Gasteiger partial charge in [0, 0.05) is 31.6 Å². The Bertz CT molecular complexity index is 741. The van der Waals surface area contributed by atoms with Crippen molar-refractivity contribution in [3.8, 4) is 0 Å². The van der Waals surface area contributed by atoms with Gasteiger partial charge < -0.3 is 16.0 Å². The van der Waals surface area contributed by atoms with E-state index >= 15 is 0 Å². The number of halogens is 2. The first kappa shape index (κ1) is 18.4. The van der Waals surface area contributed by atoms with E-state index in [0.29, 0.717) is 12.0 Å². The van der Waals surface area contributed by atoms with Crippen LogP contribution in [0.2, 0.25) is 0 Å². The molecule has 140 valence electrons. The molecule has 2 aliphatic heterocycles. The summed E-state index contributed by atoms with van der Waals surface area (Å²) in [5.41, 5.74) is 7.29. The van der Waals surface area contributed by atoms with Crippen LogP contribution in [0.15, 0.2) is 18.2 Å². The predicted octanol–water partition coefficient (Wildman–Crippen LogP) is 0.130. The van der Waals surface area contributed by atoms with Crippen molar-refractivity contribution in [1.29, 1.82) is 0 Å². The zero-order valence-corrected chi connectivity index (χ0v) is 14.0. The molecule has 4 N–H and O–H groups in total. The van der Waals surface area contributed by atoms with E-state index in [4.69, 9.17) is 5.73 Å². The normalized spacial score (nSPS) is 21.2. The number of piperidine rings is 1. The number of nitrogens with one attached hydrogen (secondary N) is 2. The minimum Gasteiger partial charge on any atom is -0.329 e. The molecule has 2 aliphatic rings. The Balaban J connectivity index is 1.70. The summed E-state index contributed by atoms with van der Waals surface area (Å²) >= 11 is 0. The van der Waals surface area contributed by atoms with Crippen LogP contribution in [0.25, 0.3) is 0 Å². The highest BCUT2D eigenvalue weighted by Crippen LogP contribution is 2.28. The maximum atomic E-state index is 12.7. The molecule has 0 spiro atoms. The van der Waals surface area contributed by atoms with E-state index < -0.39 is 24.4 Å². The van der Waals surface area contributed by atoms with Crippen LogP contribution in [0, 0.1) is 0 Å². The fraction of sp³-hybridized carbons (Fsp3) is 0.471. The molecule has 9 heteroatoms. The van der Waals surface area contributed by atoms with Crippen LogP contribution in [0.5, 0.6) is 0 Å². The molecule has 0 saturated carbocycles. The van der Waals surface area contributed by atoms with E-state index in [9.17, 15) is 23.2 Å². The molecule has 2 heterocycles. The molecule has 2 atom stereocenters. The second kappa shape index (κ2) is 7.46. The number of fused-ring (bicyclic) bond motifs is 1. The number of rotatable bonds is 6. The van der Waals surface area contributed by atoms with E-state index in [1.165, 1.54) is 4.90 Å². The molecule has 3 amide bonds. The Labute approximate surface area is 148 Å². The van der Waals surface area contributed by atoms with Gasteiger partial charge in [-0.15, -0.1) is 0 Å². The van der Waals surface area contributed by atoms with Gasteiger partial charge in [-0.1, -0.05) is 12.1 Å². The van der Waals surface area contributed by atoms with Crippen molar-refractivity contribution in [3.05, 3.63) is 34.9 Å². The number of hydrogen-bond donors (Lipinski definition) is 3. The first-order valence-corrected chi connectivity index (χ1v) is 8.38. The van der Waals surface area contributed by atoms with Crippen molar-refractivity contribution in [1.82, 2.24) is 15.5 Å². The summed E-state index contributed by atoms with van der Waals surface area (Å²) in [6, 6.07) is 3.34. The van der Waals surface area contributed by atoms with Gasteiger partial charge in [-0.3, -0.25) is 19.7 Å². The summed E-state index contributed by atoms with van der Waals surface area (Å²) in [6.45, 7) is 0.278. The summed E-state index contributed by atoms with van der Waals surface area (Å²) in [5, 5.41) is 4.95. The Morgan fingerprint density at radius 1 is 1.31 bits per heavy atom. The molecule has 2 unspecified atom stereocenters. The molecule has 0 radical (unpaired) electrons. The van der Waals surface area contributed by atoms with Gasteiger partial charge >= 0.3 is 0 Å². The number of imide groups is 1. The lowest BCUT2D eigenvalue weighted by molar-refractivity contribution is -0.136. The van der Waals surface area contributed by atoms with Crippen LogP contribution < -0.4 is 16.4 Å². The highest BCUT2D eigenvalue weighted by molar-refractivity contribution is 6.05. The van der Waals surface area contributed by atoms with E-state index in [2.05, 4.69) is 10.6 Å². The molecular formula is C17H20F2N4O3. The molecule has 1 saturated heterocycles. The number of hydrogen-bond acceptors (Lipinski definition) is 5. The van der Waals surface area contributed by atoms with Crippen molar-refractivity contribution >= 4 is 17.7 Å². The maximum absolute atomic E-state index is 12.7. The Morgan fingerprint density at radius 3 is 2.73 bits per heavy atom. The van der Waals surface area contributed by atoms with Gasteiger partial charge in [0.1, 0.15) is 6.04 Å². The highest BCUT2D eigenvalue weighted by atomic mass is 19.3. The number of carbonyl (C=O) groups excluding carboxylic acids is 3. The largest absolute Gasteiger partial charge is 0.329 e. The molecule has 1 aromatic carbocycles. The number of amides is 3. The van der Waals surface area contributed by atoms with Crippen LogP contribution in [-0.2, 0) is 22.7 Å². The number of nitrogens with zero attached hydrogens (tertiary/aromatic N) is 1. The van der Waals surface area contributed by atoms with Gasteiger partial charge in [-0.2, -0.15) is 0 Å². The van der Waals surface area contributed by atoms with Crippen molar-refractivity contribution in [2.45, 2.75) is 44.4 Å². The smallest absolute Gasteiger partial charge is 0.255 e. The summed E-state index contributed by atoms with van der Waals surface area (Å²) in [5.74, 6) is -1.06. The van der Waals surface area contributed by atoms with E-state index in [0.717, 1.165) is 11.1 Å². The zero-order chi connectivity index (χ0) is 18.8. The lowest BCUT2D eigenvalue weighted by atomic mass is 10.0. The van der Waals surface area contributed by atoms with E-state index in [-0.39, 0.29) is 37.9 Å². The third-order valence-corrected chi connectivity index (χ3v) is 4.71. The second-order valence-electron chi connectivity index (χ2n) is 6.45. The molecule has 0 bridgehead atoms. The molecule has 26 heavy (non-hydrogen) atoms. The van der Waals surface area contributed by atoms with Crippen LogP contribution in [0.1, 0.15) is 34.3 Å². The fourth-order valence-corrected chi connectivity index (χ4v) is 3.26.